The van der Waals surface area contributed by atoms with Crippen molar-refractivity contribution in [1.82, 2.24) is 0 Å². The molecule has 64 valence electrons. The van der Waals surface area contributed by atoms with E-state index >= 15 is 0 Å². The number of ether oxygens (including phenoxy) is 1. The van der Waals surface area contributed by atoms with Crippen LogP contribution in [0.25, 0.3) is 0 Å². The molecule has 0 bridgehead atoms. The van der Waals surface area contributed by atoms with Gasteiger partial charge in [0.25, 0.3) is 0 Å². The second-order valence-electron chi connectivity index (χ2n) is 3.53. The van der Waals surface area contributed by atoms with Crippen molar-refractivity contribution < 1.29 is 4.74 Å². The van der Waals surface area contributed by atoms with Crippen molar-refractivity contribution in [3.05, 3.63) is 11.8 Å². The lowest BCUT2D eigenvalue weighted by atomic mass is 9.98. The Morgan fingerprint density at radius 2 is 2.27 bits per heavy atom. The molecule has 1 unspecified atom stereocenters. The standard InChI is InChI=1S/C9H17NO/c1-6(2)9(10)8-5-4-7(3)11-8/h4,6,8-9H,5,10H2,1-3H3/t8?,9-/m1/s1. The van der Waals surface area contributed by atoms with Crippen molar-refractivity contribution in [2.75, 3.05) is 0 Å². The average Bonchev–Trinajstić information content (AvgIpc) is 2.34. The maximum atomic E-state index is 5.93. The quantitative estimate of drug-likeness (QED) is 0.658. The molecule has 1 aliphatic heterocycles. The van der Waals surface area contributed by atoms with Crippen LogP contribution in [0.15, 0.2) is 11.8 Å². The van der Waals surface area contributed by atoms with Gasteiger partial charge in [-0.05, 0) is 18.9 Å². The molecule has 0 aromatic heterocycles. The van der Waals surface area contributed by atoms with Crippen LogP contribution in [0.5, 0.6) is 0 Å². The van der Waals surface area contributed by atoms with Crippen LogP contribution in [0.4, 0.5) is 0 Å². The predicted molar refractivity (Wildman–Crippen MR) is 46.1 cm³/mol. The summed E-state index contributed by atoms with van der Waals surface area (Å²) in [7, 11) is 0. The molecule has 2 atom stereocenters. The molecule has 0 amide bonds. The minimum absolute atomic E-state index is 0.170. The van der Waals surface area contributed by atoms with Crippen molar-refractivity contribution in [3.63, 3.8) is 0 Å². The lowest BCUT2D eigenvalue weighted by Crippen LogP contribution is -2.38. The first-order chi connectivity index (χ1) is 5.11. The highest BCUT2D eigenvalue weighted by Crippen LogP contribution is 2.21. The monoisotopic (exact) mass is 155 g/mol. The molecule has 0 saturated carbocycles. The highest BCUT2D eigenvalue weighted by molar-refractivity contribution is 5.01. The maximum absolute atomic E-state index is 5.93. The van der Waals surface area contributed by atoms with Gasteiger partial charge >= 0.3 is 0 Å². The Labute approximate surface area is 68.4 Å². The van der Waals surface area contributed by atoms with Crippen molar-refractivity contribution in [1.29, 1.82) is 0 Å². The molecular formula is C9H17NO. The molecule has 0 saturated heterocycles. The van der Waals surface area contributed by atoms with Crippen LogP contribution in [-0.4, -0.2) is 12.1 Å². The molecule has 11 heavy (non-hydrogen) atoms. The van der Waals surface area contributed by atoms with Crippen LogP contribution in [0.1, 0.15) is 27.2 Å². The number of rotatable bonds is 2. The van der Waals surface area contributed by atoms with Crippen LogP contribution >= 0.6 is 0 Å². The summed E-state index contributed by atoms with van der Waals surface area (Å²) in [4.78, 5) is 0. The zero-order valence-corrected chi connectivity index (χ0v) is 7.50. The van der Waals surface area contributed by atoms with E-state index in [-0.39, 0.29) is 12.1 Å². The average molecular weight is 155 g/mol. The summed E-state index contributed by atoms with van der Waals surface area (Å²) in [6.07, 6.45) is 3.30. The second-order valence-corrected chi connectivity index (χ2v) is 3.53. The third-order valence-electron chi connectivity index (χ3n) is 2.17. The summed E-state index contributed by atoms with van der Waals surface area (Å²) >= 11 is 0. The fourth-order valence-corrected chi connectivity index (χ4v) is 1.28. The Morgan fingerprint density at radius 1 is 1.64 bits per heavy atom. The largest absolute Gasteiger partial charge is 0.493 e. The molecule has 0 radical (unpaired) electrons. The smallest absolute Gasteiger partial charge is 0.117 e. The predicted octanol–water partition coefficient (Wildman–Crippen LogP) is 1.66. The maximum Gasteiger partial charge on any atom is 0.117 e. The molecule has 1 aliphatic rings. The van der Waals surface area contributed by atoms with E-state index in [0.717, 1.165) is 12.2 Å². The first kappa shape index (κ1) is 8.60. The fourth-order valence-electron chi connectivity index (χ4n) is 1.28. The van der Waals surface area contributed by atoms with Crippen LogP contribution in [0.3, 0.4) is 0 Å². The van der Waals surface area contributed by atoms with E-state index in [1.165, 1.54) is 0 Å². The third-order valence-corrected chi connectivity index (χ3v) is 2.17. The van der Waals surface area contributed by atoms with Crippen LogP contribution < -0.4 is 5.73 Å². The zero-order chi connectivity index (χ0) is 8.43. The Kier molecular flexibility index (Phi) is 2.55. The van der Waals surface area contributed by atoms with Gasteiger partial charge in [-0.2, -0.15) is 0 Å². The Balaban J connectivity index is 2.40. The van der Waals surface area contributed by atoms with E-state index in [9.17, 15) is 0 Å². The van der Waals surface area contributed by atoms with E-state index < -0.39 is 0 Å². The summed E-state index contributed by atoms with van der Waals surface area (Å²) in [5.41, 5.74) is 5.93. The highest BCUT2D eigenvalue weighted by Gasteiger charge is 2.24. The first-order valence-electron chi connectivity index (χ1n) is 4.20. The summed E-state index contributed by atoms with van der Waals surface area (Å²) in [6, 6.07) is 0.170. The number of nitrogens with two attached hydrogens (primary N) is 1. The summed E-state index contributed by atoms with van der Waals surface area (Å²) in [5.74, 6) is 1.52. The molecule has 1 rings (SSSR count). The fraction of sp³-hybridized carbons (Fsp3) is 0.778. The van der Waals surface area contributed by atoms with Gasteiger partial charge in [-0.1, -0.05) is 13.8 Å². The van der Waals surface area contributed by atoms with Gasteiger partial charge < -0.3 is 10.5 Å². The molecule has 0 aromatic carbocycles. The number of allylic oxidation sites excluding steroid dienone is 1. The zero-order valence-electron chi connectivity index (χ0n) is 7.50. The number of hydrogen-bond acceptors (Lipinski definition) is 2. The van der Waals surface area contributed by atoms with Gasteiger partial charge in [0.2, 0.25) is 0 Å². The summed E-state index contributed by atoms with van der Waals surface area (Å²) in [6.45, 7) is 6.23. The van der Waals surface area contributed by atoms with Crippen LogP contribution in [0.2, 0.25) is 0 Å². The Morgan fingerprint density at radius 3 is 2.64 bits per heavy atom. The molecule has 0 aromatic rings. The lowest BCUT2D eigenvalue weighted by molar-refractivity contribution is 0.104. The van der Waals surface area contributed by atoms with Crippen LogP contribution in [-0.2, 0) is 4.74 Å². The van der Waals surface area contributed by atoms with Gasteiger partial charge in [0.05, 0.1) is 5.76 Å². The first-order valence-corrected chi connectivity index (χ1v) is 4.20. The van der Waals surface area contributed by atoms with Crippen molar-refractivity contribution >= 4 is 0 Å². The molecule has 0 fully saturated rings. The van der Waals surface area contributed by atoms with Crippen molar-refractivity contribution in [3.8, 4) is 0 Å². The van der Waals surface area contributed by atoms with Gasteiger partial charge in [-0.15, -0.1) is 0 Å². The van der Waals surface area contributed by atoms with Crippen molar-refractivity contribution in [2.24, 2.45) is 11.7 Å². The second kappa shape index (κ2) is 3.26. The molecule has 1 heterocycles. The molecule has 0 aliphatic carbocycles. The van der Waals surface area contributed by atoms with E-state index in [4.69, 9.17) is 10.5 Å². The number of hydrogen-bond donors (Lipinski definition) is 1. The Bertz CT molecular complexity index is 163. The molecule has 2 heteroatoms. The van der Waals surface area contributed by atoms with Gasteiger partial charge in [-0.3, -0.25) is 0 Å². The normalized spacial score (nSPS) is 26.6. The SMILES string of the molecule is CC1=CCC([C@H](N)C(C)C)O1. The van der Waals surface area contributed by atoms with E-state index in [1.54, 1.807) is 0 Å². The molecule has 2 nitrogen and oxygen atoms in total. The minimum atomic E-state index is 0.170. The van der Waals surface area contributed by atoms with Crippen molar-refractivity contribution in [2.45, 2.75) is 39.3 Å². The van der Waals surface area contributed by atoms with E-state index in [0.29, 0.717) is 5.92 Å². The molecule has 2 N–H and O–H groups in total. The van der Waals surface area contributed by atoms with Gasteiger partial charge in [0.1, 0.15) is 6.10 Å². The van der Waals surface area contributed by atoms with Gasteiger partial charge in [0, 0.05) is 12.5 Å². The summed E-state index contributed by atoms with van der Waals surface area (Å²) in [5, 5.41) is 0. The van der Waals surface area contributed by atoms with Gasteiger partial charge in [0.15, 0.2) is 0 Å². The van der Waals surface area contributed by atoms with E-state index in [1.807, 2.05) is 6.92 Å². The van der Waals surface area contributed by atoms with Gasteiger partial charge in [-0.25, -0.2) is 0 Å². The minimum Gasteiger partial charge on any atom is -0.493 e. The topological polar surface area (TPSA) is 35.2 Å². The third kappa shape index (κ3) is 1.96. The Hall–Kier alpha value is -0.500. The van der Waals surface area contributed by atoms with Crippen LogP contribution in [0, 0.1) is 5.92 Å². The summed E-state index contributed by atoms with van der Waals surface area (Å²) < 4.78 is 5.52. The lowest BCUT2D eigenvalue weighted by Gasteiger charge is -2.22. The molecule has 0 spiro atoms. The highest BCUT2D eigenvalue weighted by atomic mass is 16.5. The van der Waals surface area contributed by atoms with E-state index in [2.05, 4.69) is 19.9 Å². The molecular weight excluding hydrogens is 138 g/mol.